The van der Waals surface area contributed by atoms with Gasteiger partial charge in [-0.15, -0.1) is 0 Å². The van der Waals surface area contributed by atoms with Gasteiger partial charge in [-0.3, -0.25) is 4.90 Å². The van der Waals surface area contributed by atoms with Gasteiger partial charge in [0, 0.05) is 45.9 Å². The topological polar surface area (TPSA) is 61.9 Å². The number of ether oxygens (including phenoxy) is 1. The van der Waals surface area contributed by atoms with Crippen LogP contribution in [0.3, 0.4) is 0 Å². The summed E-state index contributed by atoms with van der Waals surface area (Å²) in [4.78, 5) is 2.52. The first-order valence-electron chi connectivity index (χ1n) is 10.6. The molecule has 2 saturated heterocycles. The summed E-state index contributed by atoms with van der Waals surface area (Å²) < 4.78 is 34.9. The molecule has 2 heterocycles. The summed E-state index contributed by atoms with van der Waals surface area (Å²) in [5.74, 6) is 0.477. The van der Waals surface area contributed by atoms with Gasteiger partial charge in [-0.2, -0.15) is 12.7 Å². The first-order valence-corrected chi connectivity index (χ1v) is 12.0. The first-order chi connectivity index (χ1) is 13.6. The SMILES string of the molecule is COCC1CCN(S(=O)(=O)NCC[C@H]2CCCCN2Cc2ccccc2)CC1. The van der Waals surface area contributed by atoms with E-state index in [1.807, 2.05) is 6.07 Å². The van der Waals surface area contributed by atoms with E-state index in [0.29, 0.717) is 31.6 Å². The number of piperidine rings is 2. The predicted molar refractivity (Wildman–Crippen MR) is 112 cm³/mol. The standard InChI is InChI=1S/C21H35N3O3S/c1-27-18-20-11-15-24(16-12-20)28(25,26)22-13-10-21-9-5-6-14-23(21)17-19-7-3-2-4-8-19/h2-4,7-8,20-22H,5-6,9-18H2,1H3/t21-/m1/s1. The lowest BCUT2D eigenvalue weighted by atomic mass is 9.98. The summed E-state index contributed by atoms with van der Waals surface area (Å²) in [6, 6.07) is 11.0. The van der Waals surface area contributed by atoms with Crippen molar-refractivity contribution in [3.63, 3.8) is 0 Å². The Morgan fingerprint density at radius 1 is 1.07 bits per heavy atom. The fourth-order valence-electron chi connectivity index (χ4n) is 4.41. The molecule has 1 aromatic rings. The Morgan fingerprint density at radius 3 is 2.54 bits per heavy atom. The smallest absolute Gasteiger partial charge is 0.279 e. The third-order valence-corrected chi connectivity index (χ3v) is 7.67. The van der Waals surface area contributed by atoms with Crippen LogP contribution in [0.15, 0.2) is 30.3 Å². The quantitative estimate of drug-likeness (QED) is 0.681. The van der Waals surface area contributed by atoms with Gasteiger partial charge in [-0.25, -0.2) is 4.72 Å². The van der Waals surface area contributed by atoms with Crippen LogP contribution in [-0.2, 0) is 21.5 Å². The number of nitrogens with one attached hydrogen (secondary N) is 1. The van der Waals surface area contributed by atoms with Gasteiger partial charge in [0.2, 0.25) is 0 Å². The van der Waals surface area contributed by atoms with Gasteiger partial charge < -0.3 is 4.74 Å². The Labute approximate surface area is 170 Å². The van der Waals surface area contributed by atoms with Crippen LogP contribution in [0.2, 0.25) is 0 Å². The van der Waals surface area contributed by atoms with Crippen LogP contribution in [0.5, 0.6) is 0 Å². The molecule has 6 nitrogen and oxygen atoms in total. The normalized spacial score (nSPS) is 23.1. The van der Waals surface area contributed by atoms with Gasteiger partial charge in [0.1, 0.15) is 0 Å². The molecule has 0 unspecified atom stereocenters. The molecule has 1 aromatic carbocycles. The largest absolute Gasteiger partial charge is 0.384 e. The average Bonchev–Trinajstić information content (AvgIpc) is 2.71. The highest BCUT2D eigenvalue weighted by Gasteiger charge is 2.28. The highest BCUT2D eigenvalue weighted by Crippen LogP contribution is 2.22. The van der Waals surface area contributed by atoms with E-state index >= 15 is 0 Å². The van der Waals surface area contributed by atoms with Gasteiger partial charge >= 0.3 is 0 Å². The van der Waals surface area contributed by atoms with Crippen LogP contribution in [0.25, 0.3) is 0 Å². The minimum Gasteiger partial charge on any atom is -0.384 e. The van der Waals surface area contributed by atoms with E-state index in [9.17, 15) is 8.42 Å². The predicted octanol–water partition coefficient (Wildman–Crippen LogP) is 2.62. The molecule has 0 aromatic heterocycles. The van der Waals surface area contributed by atoms with Crippen LogP contribution >= 0.6 is 0 Å². The Balaban J connectivity index is 1.46. The fourth-order valence-corrected chi connectivity index (χ4v) is 5.66. The summed E-state index contributed by atoms with van der Waals surface area (Å²) in [6.07, 6.45) is 6.23. The zero-order chi connectivity index (χ0) is 19.8. The summed E-state index contributed by atoms with van der Waals surface area (Å²) in [5.41, 5.74) is 1.33. The molecule has 0 amide bonds. The maximum Gasteiger partial charge on any atom is 0.279 e. The van der Waals surface area contributed by atoms with Crippen molar-refractivity contribution in [2.24, 2.45) is 5.92 Å². The van der Waals surface area contributed by atoms with Gasteiger partial charge in [0.25, 0.3) is 10.2 Å². The Morgan fingerprint density at radius 2 is 1.82 bits per heavy atom. The fraction of sp³-hybridized carbons (Fsp3) is 0.714. The second-order valence-corrected chi connectivity index (χ2v) is 9.85. The zero-order valence-corrected chi connectivity index (χ0v) is 17.9. The van der Waals surface area contributed by atoms with E-state index < -0.39 is 10.2 Å². The minimum atomic E-state index is -3.37. The van der Waals surface area contributed by atoms with Crippen molar-refractivity contribution in [3.8, 4) is 0 Å². The monoisotopic (exact) mass is 409 g/mol. The number of methoxy groups -OCH3 is 1. The lowest BCUT2D eigenvalue weighted by Gasteiger charge is -2.36. The third kappa shape index (κ3) is 6.26. The molecule has 2 aliphatic rings. The third-order valence-electron chi connectivity index (χ3n) is 6.06. The highest BCUT2D eigenvalue weighted by atomic mass is 32.2. The highest BCUT2D eigenvalue weighted by molar-refractivity contribution is 7.87. The van der Waals surface area contributed by atoms with E-state index in [1.54, 1.807) is 11.4 Å². The number of benzene rings is 1. The van der Waals surface area contributed by atoms with Gasteiger partial charge in [-0.1, -0.05) is 36.8 Å². The molecule has 1 N–H and O–H groups in total. The van der Waals surface area contributed by atoms with E-state index in [-0.39, 0.29) is 0 Å². The molecular formula is C21H35N3O3S. The van der Waals surface area contributed by atoms with Crippen LogP contribution in [-0.4, -0.2) is 63.6 Å². The van der Waals surface area contributed by atoms with E-state index in [1.165, 1.54) is 18.4 Å². The van der Waals surface area contributed by atoms with Gasteiger partial charge in [0.15, 0.2) is 0 Å². The van der Waals surface area contributed by atoms with E-state index in [4.69, 9.17) is 4.74 Å². The number of likely N-dealkylation sites (tertiary alicyclic amines) is 1. The maximum atomic E-state index is 12.6. The maximum absolute atomic E-state index is 12.6. The van der Waals surface area contributed by atoms with Gasteiger partial charge in [-0.05, 0) is 50.1 Å². The van der Waals surface area contributed by atoms with Crippen molar-refractivity contribution < 1.29 is 13.2 Å². The zero-order valence-electron chi connectivity index (χ0n) is 17.1. The number of hydrogen-bond donors (Lipinski definition) is 1. The molecule has 28 heavy (non-hydrogen) atoms. The molecule has 1 atom stereocenters. The van der Waals surface area contributed by atoms with Gasteiger partial charge in [0.05, 0.1) is 0 Å². The first kappa shape index (κ1) is 21.7. The Bertz CT molecular complexity index is 675. The summed E-state index contributed by atoms with van der Waals surface area (Å²) in [6.45, 7) is 4.46. The van der Waals surface area contributed by atoms with Crippen LogP contribution in [0.1, 0.15) is 44.1 Å². The van der Waals surface area contributed by atoms with Crippen molar-refractivity contribution in [2.75, 3.05) is 39.9 Å². The van der Waals surface area contributed by atoms with Crippen molar-refractivity contribution in [3.05, 3.63) is 35.9 Å². The summed E-state index contributed by atoms with van der Waals surface area (Å²) in [5, 5.41) is 0. The molecule has 3 rings (SSSR count). The Kier molecular flexibility index (Phi) is 8.29. The Hall–Kier alpha value is -0.990. The molecule has 2 fully saturated rings. The van der Waals surface area contributed by atoms with Crippen molar-refractivity contribution >= 4 is 10.2 Å². The summed E-state index contributed by atoms with van der Waals surface area (Å²) in [7, 11) is -1.67. The second kappa shape index (κ2) is 10.7. The molecule has 0 radical (unpaired) electrons. The van der Waals surface area contributed by atoms with Crippen LogP contribution in [0.4, 0.5) is 0 Å². The molecule has 7 heteroatoms. The van der Waals surface area contributed by atoms with Crippen LogP contribution < -0.4 is 4.72 Å². The molecule has 158 valence electrons. The van der Waals surface area contributed by atoms with Crippen molar-refractivity contribution in [2.45, 2.75) is 51.1 Å². The molecule has 0 saturated carbocycles. The lowest BCUT2D eigenvalue weighted by Crippen LogP contribution is -2.47. The second-order valence-electron chi connectivity index (χ2n) is 8.09. The number of nitrogens with zero attached hydrogens (tertiary/aromatic N) is 2. The molecule has 2 aliphatic heterocycles. The van der Waals surface area contributed by atoms with Crippen molar-refractivity contribution in [1.29, 1.82) is 0 Å². The van der Waals surface area contributed by atoms with Crippen LogP contribution in [0, 0.1) is 5.92 Å². The minimum absolute atomic E-state index is 0.448. The average molecular weight is 410 g/mol. The molecule has 0 spiro atoms. The molecular weight excluding hydrogens is 374 g/mol. The summed E-state index contributed by atoms with van der Waals surface area (Å²) >= 11 is 0. The molecule has 0 bridgehead atoms. The lowest BCUT2D eigenvalue weighted by molar-refractivity contribution is 0.120. The number of hydrogen-bond acceptors (Lipinski definition) is 4. The number of rotatable bonds is 9. The van der Waals surface area contributed by atoms with E-state index in [0.717, 1.165) is 45.4 Å². The molecule has 0 aliphatic carbocycles. The van der Waals surface area contributed by atoms with Crippen molar-refractivity contribution in [1.82, 2.24) is 13.9 Å². The van der Waals surface area contributed by atoms with E-state index in [2.05, 4.69) is 33.9 Å².